The molecule has 0 saturated heterocycles. The molecule has 0 amide bonds. The van der Waals surface area contributed by atoms with Gasteiger partial charge in [0.25, 0.3) is 0 Å². The predicted octanol–water partition coefficient (Wildman–Crippen LogP) is 4.25. The van der Waals surface area contributed by atoms with E-state index in [2.05, 4.69) is 57.3 Å². The highest BCUT2D eigenvalue weighted by Gasteiger charge is 2.04. The van der Waals surface area contributed by atoms with E-state index in [-0.39, 0.29) is 0 Å². The van der Waals surface area contributed by atoms with Crippen LogP contribution in [0.5, 0.6) is 0 Å². The molecular weight excluding hydrogens is 238 g/mol. The second-order valence-electron chi connectivity index (χ2n) is 5.43. The molecule has 0 spiro atoms. The Bertz CT molecular complexity index is 336. The maximum atomic E-state index is 3.55. The Kier molecular flexibility index (Phi) is 7.45. The molecule has 102 valence electrons. The van der Waals surface area contributed by atoms with Crippen LogP contribution in [0.15, 0.2) is 24.3 Å². The van der Waals surface area contributed by atoms with Crippen LogP contribution in [0.25, 0.3) is 0 Å². The fourth-order valence-corrected chi connectivity index (χ4v) is 2.78. The third-order valence-electron chi connectivity index (χ3n) is 3.11. The summed E-state index contributed by atoms with van der Waals surface area (Å²) in [6, 6.07) is 8.68. The second-order valence-corrected chi connectivity index (χ2v) is 6.86. The Hall–Kier alpha value is -0.470. The van der Waals surface area contributed by atoms with Crippen LogP contribution in [0.1, 0.15) is 38.3 Å². The smallest absolute Gasteiger partial charge is 0.0190 e. The lowest BCUT2D eigenvalue weighted by Gasteiger charge is -2.14. The van der Waals surface area contributed by atoms with E-state index in [1.165, 1.54) is 17.5 Å². The number of benzene rings is 1. The first-order valence-corrected chi connectivity index (χ1v) is 8.01. The monoisotopic (exact) mass is 265 g/mol. The minimum absolute atomic E-state index is 0.678. The number of thioether (sulfide) groups is 1. The summed E-state index contributed by atoms with van der Waals surface area (Å²) in [5, 5.41) is 4.22. The molecule has 0 aliphatic carbocycles. The van der Waals surface area contributed by atoms with Gasteiger partial charge in [0, 0.05) is 17.5 Å². The summed E-state index contributed by atoms with van der Waals surface area (Å²) in [7, 11) is 0. The third-order valence-corrected chi connectivity index (χ3v) is 4.33. The minimum Gasteiger partial charge on any atom is -0.316 e. The SMILES string of the molecule is Cc1ccccc1CSC(C)CNCCC(C)C. The molecule has 0 aliphatic heterocycles. The van der Waals surface area contributed by atoms with Gasteiger partial charge >= 0.3 is 0 Å². The van der Waals surface area contributed by atoms with Crippen LogP contribution < -0.4 is 5.32 Å². The van der Waals surface area contributed by atoms with E-state index in [9.17, 15) is 0 Å². The van der Waals surface area contributed by atoms with Crippen molar-refractivity contribution in [2.24, 2.45) is 5.92 Å². The van der Waals surface area contributed by atoms with Crippen molar-refractivity contribution >= 4 is 11.8 Å². The zero-order valence-electron chi connectivity index (χ0n) is 12.2. The quantitative estimate of drug-likeness (QED) is 0.705. The zero-order valence-corrected chi connectivity index (χ0v) is 13.0. The van der Waals surface area contributed by atoms with E-state index in [1.54, 1.807) is 0 Å². The molecule has 18 heavy (non-hydrogen) atoms. The lowest BCUT2D eigenvalue weighted by Crippen LogP contribution is -2.24. The standard InChI is InChI=1S/C16H27NS/c1-13(2)9-10-17-11-15(4)18-12-16-8-6-5-7-14(16)3/h5-8,13,15,17H,9-12H2,1-4H3. The molecule has 1 unspecified atom stereocenters. The molecule has 0 aliphatic rings. The molecule has 1 aromatic carbocycles. The molecule has 0 bridgehead atoms. The summed E-state index contributed by atoms with van der Waals surface area (Å²) in [4.78, 5) is 0. The van der Waals surface area contributed by atoms with Crippen molar-refractivity contribution in [3.63, 3.8) is 0 Å². The first-order valence-electron chi connectivity index (χ1n) is 6.96. The van der Waals surface area contributed by atoms with Gasteiger partial charge in [-0.15, -0.1) is 0 Å². The van der Waals surface area contributed by atoms with E-state index in [1.807, 2.05) is 11.8 Å². The molecule has 2 heteroatoms. The van der Waals surface area contributed by atoms with Crippen LogP contribution in [0.4, 0.5) is 0 Å². The molecule has 0 saturated carbocycles. The van der Waals surface area contributed by atoms with Gasteiger partial charge < -0.3 is 5.32 Å². The molecule has 0 radical (unpaired) electrons. The van der Waals surface area contributed by atoms with Crippen molar-refractivity contribution in [1.29, 1.82) is 0 Å². The summed E-state index contributed by atoms with van der Waals surface area (Å²) in [6.07, 6.45) is 1.27. The van der Waals surface area contributed by atoms with Crippen LogP contribution in [0.3, 0.4) is 0 Å². The van der Waals surface area contributed by atoms with Gasteiger partial charge in [0.1, 0.15) is 0 Å². The Morgan fingerprint density at radius 1 is 1.17 bits per heavy atom. The van der Waals surface area contributed by atoms with E-state index >= 15 is 0 Å². The van der Waals surface area contributed by atoms with Gasteiger partial charge in [-0.25, -0.2) is 0 Å². The van der Waals surface area contributed by atoms with Crippen LogP contribution >= 0.6 is 11.8 Å². The molecule has 0 fully saturated rings. The Balaban J connectivity index is 2.17. The van der Waals surface area contributed by atoms with Crippen molar-refractivity contribution in [1.82, 2.24) is 5.32 Å². The van der Waals surface area contributed by atoms with Crippen molar-refractivity contribution in [2.45, 2.75) is 45.1 Å². The fourth-order valence-electron chi connectivity index (χ4n) is 1.76. The zero-order chi connectivity index (χ0) is 13.4. The van der Waals surface area contributed by atoms with Gasteiger partial charge in [-0.3, -0.25) is 0 Å². The number of nitrogens with one attached hydrogen (secondary N) is 1. The predicted molar refractivity (Wildman–Crippen MR) is 84.3 cm³/mol. The topological polar surface area (TPSA) is 12.0 Å². The molecule has 0 heterocycles. The van der Waals surface area contributed by atoms with Crippen LogP contribution in [0, 0.1) is 12.8 Å². The van der Waals surface area contributed by atoms with Crippen molar-refractivity contribution in [3.8, 4) is 0 Å². The first-order chi connectivity index (χ1) is 8.59. The van der Waals surface area contributed by atoms with Crippen LogP contribution in [0.2, 0.25) is 0 Å². The summed E-state index contributed by atoms with van der Waals surface area (Å²) < 4.78 is 0. The lowest BCUT2D eigenvalue weighted by atomic mass is 10.1. The number of hydrogen-bond acceptors (Lipinski definition) is 2. The lowest BCUT2D eigenvalue weighted by molar-refractivity contribution is 0.539. The number of hydrogen-bond donors (Lipinski definition) is 1. The fraction of sp³-hybridized carbons (Fsp3) is 0.625. The minimum atomic E-state index is 0.678. The van der Waals surface area contributed by atoms with E-state index in [0.717, 1.165) is 24.8 Å². The Morgan fingerprint density at radius 3 is 2.56 bits per heavy atom. The van der Waals surface area contributed by atoms with E-state index in [0.29, 0.717) is 5.25 Å². The molecule has 1 aromatic rings. The van der Waals surface area contributed by atoms with Gasteiger partial charge in [0.15, 0.2) is 0 Å². The molecule has 0 aromatic heterocycles. The summed E-state index contributed by atoms with van der Waals surface area (Å²) >= 11 is 2.04. The first kappa shape index (κ1) is 15.6. The average molecular weight is 265 g/mol. The average Bonchev–Trinajstić information content (AvgIpc) is 2.33. The Labute approximate surface area is 117 Å². The molecule has 1 N–H and O–H groups in total. The molecule has 1 nitrogen and oxygen atoms in total. The van der Waals surface area contributed by atoms with Crippen LogP contribution in [-0.4, -0.2) is 18.3 Å². The van der Waals surface area contributed by atoms with Crippen molar-refractivity contribution < 1.29 is 0 Å². The maximum Gasteiger partial charge on any atom is 0.0190 e. The number of rotatable bonds is 8. The second kappa shape index (κ2) is 8.60. The maximum absolute atomic E-state index is 3.55. The van der Waals surface area contributed by atoms with Crippen molar-refractivity contribution in [2.75, 3.05) is 13.1 Å². The molecule has 1 atom stereocenters. The highest BCUT2D eigenvalue weighted by molar-refractivity contribution is 7.99. The summed E-state index contributed by atoms with van der Waals surface area (Å²) in [5.74, 6) is 1.92. The normalized spacial score (nSPS) is 12.9. The highest BCUT2D eigenvalue weighted by Crippen LogP contribution is 2.19. The van der Waals surface area contributed by atoms with Gasteiger partial charge in [0.2, 0.25) is 0 Å². The summed E-state index contributed by atoms with van der Waals surface area (Å²) in [6.45, 7) is 11.3. The van der Waals surface area contributed by atoms with Crippen molar-refractivity contribution in [3.05, 3.63) is 35.4 Å². The molecule has 1 rings (SSSR count). The van der Waals surface area contributed by atoms with Gasteiger partial charge in [-0.2, -0.15) is 11.8 Å². The van der Waals surface area contributed by atoms with Gasteiger partial charge in [-0.1, -0.05) is 45.0 Å². The molecular formula is C16H27NS. The largest absolute Gasteiger partial charge is 0.316 e. The van der Waals surface area contributed by atoms with Gasteiger partial charge in [-0.05, 0) is 36.9 Å². The van der Waals surface area contributed by atoms with E-state index < -0.39 is 0 Å². The van der Waals surface area contributed by atoms with Crippen LogP contribution in [-0.2, 0) is 5.75 Å². The number of aryl methyl sites for hydroxylation is 1. The summed E-state index contributed by atoms with van der Waals surface area (Å²) in [5.41, 5.74) is 2.88. The Morgan fingerprint density at radius 2 is 1.89 bits per heavy atom. The third kappa shape index (κ3) is 6.46. The van der Waals surface area contributed by atoms with Gasteiger partial charge in [0.05, 0.1) is 0 Å². The van der Waals surface area contributed by atoms with E-state index in [4.69, 9.17) is 0 Å². The highest BCUT2D eigenvalue weighted by atomic mass is 32.2.